The zero-order chi connectivity index (χ0) is 16.4. The van der Waals surface area contributed by atoms with Crippen molar-refractivity contribution in [3.05, 3.63) is 21.9 Å². The minimum atomic E-state index is -0.532. The maximum Gasteiger partial charge on any atom is 0.309 e. The first-order valence-electron chi connectivity index (χ1n) is 8.37. The summed E-state index contributed by atoms with van der Waals surface area (Å²) in [6, 6.07) is 4.22. The van der Waals surface area contributed by atoms with E-state index in [0.717, 1.165) is 43.4 Å². The highest BCUT2D eigenvalue weighted by Crippen LogP contribution is 2.44. The molecule has 126 valence electrons. The average Bonchev–Trinajstić information content (AvgIpc) is 3.04. The van der Waals surface area contributed by atoms with Crippen LogP contribution >= 0.6 is 11.3 Å². The first-order chi connectivity index (χ1) is 11.0. The molecule has 6 heteroatoms. The van der Waals surface area contributed by atoms with Crippen LogP contribution in [0.2, 0.25) is 0 Å². The predicted molar refractivity (Wildman–Crippen MR) is 89.3 cm³/mol. The van der Waals surface area contributed by atoms with Crippen molar-refractivity contribution in [1.82, 2.24) is 10.6 Å². The number of hydrogen-bond donors (Lipinski definition) is 3. The smallest absolute Gasteiger partial charge is 0.309 e. The van der Waals surface area contributed by atoms with E-state index in [0.29, 0.717) is 6.54 Å². The van der Waals surface area contributed by atoms with Gasteiger partial charge in [0.2, 0.25) is 0 Å². The maximum atomic E-state index is 12.0. The normalized spacial score (nSPS) is 21.0. The Bertz CT molecular complexity index is 586. The second kappa shape index (κ2) is 6.61. The summed E-state index contributed by atoms with van der Waals surface area (Å²) in [4.78, 5) is 25.9. The summed E-state index contributed by atoms with van der Waals surface area (Å²) < 4.78 is 0. The molecule has 0 radical (unpaired) electrons. The zero-order valence-corrected chi connectivity index (χ0v) is 14.2. The Morgan fingerprint density at radius 1 is 1.30 bits per heavy atom. The maximum absolute atomic E-state index is 12.0. The van der Waals surface area contributed by atoms with Crippen LogP contribution in [0.1, 0.15) is 61.3 Å². The molecule has 23 heavy (non-hydrogen) atoms. The molecule has 0 aliphatic heterocycles. The molecule has 2 saturated carbocycles. The number of thiophene rings is 1. The van der Waals surface area contributed by atoms with E-state index in [4.69, 9.17) is 0 Å². The van der Waals surface area contributed by atoms with Crippen molar-refractivity contribution in [3.63, 3.8) is 0 Å². The summed E-state index contributed by atoms with van der Waals surface area (Å²) in [5.41, 5.74) is -0.0900. The van der Waals surface area contributed by atoms with E-state index in [1.54, 1.807) is 18.3 Å². The summed E-state index contributed by atoms with van der Waals surface area (Å²) in [6.45, 7) is 2.25. The number of aliphatic hydroxyl groups is 1. The summed E-state index contributed by atoms with van der Waals surface area (Å²) >= 11 is 1.62. The van der Waals surface area contributed by atoms with Crippen LogP contribution in [0.3, 0.4) is 0 Å². The quantitative estimate of drug-likeness (QED) is 0.720. The van der Waals surface area contributed by atoms with Gasteiger partial charge in [0, 0.05) is 27.8 Å². The van der Waals surface area contributed by atoms with Crippen LogP contribution in [0.5, 0.6) is 0 Å². The lowest BCUT2D eigenvalue weighted by Gasteiger charge is -2.28. The molecule has 2 aliphatic rings. The molecule has 1 aromatic rings. The van der Waals surface area contributed by atoms with Gasteiger partial charge in [-0.25, -0.2) is 0 Å². The Labute approximate surface area is 140 Å². The van der Waals surface area contributed by atoms with Gasteiger partial charge < -0.3 is 15.7 Å². The molecular formula is C17H24N2O3S. The van der Waals surface area contributed by atoms with Crippen molar-refractivity contribution in [3.8, 4) is 0 Å². The van der Waals surface area contributed by atoms with Crippen LogP contribution in [0.15, 0.2) is 12.1 Å². The highest BCUT2D eigenvalue weighted by atomic mass is 32.1. The number of nitrogens with one attached hydrogen (secondary N) is 2. The summed E-state index contributed by atoms with van der Waals surface area (Å²) in [6.07, 6.45) is 5.76. The van der Waals surface area contributed by atoms with E-state index in [1.165, 1.54) is 4.88 Å². The van der Waals surface area contributed by atoms with E-state index in [2.05, 4.69) is 16.7 Å². The second-order valence-corrected chi connectivity index (χ2v) is 7.91. The lowest BCUT2D eigenvalue weighted by atomic mass is 9.84. The van der Waals surface area contributed by atoms with Gasteiger partial charge in [-0.2, -0.15) is 0 Å². The van der Waals surface area contributed by atoms with Crippen LogP contribution in [-0.4, -0.2) is 29.5 Å². The molecule has 0 spiro atoms. The highest BCUT2D eigenvalue weighted by molar-refractivity contribution is 7.12. The fraction of sp³-hybridized carbons (Fsp3) is 0.647. The van der Waals surface area contributed by atoms with Crippen molar-refractivity contribution in [2.24, 2.45) is 0 Å². The van der Waals surface area contributed by atoms with Gasteiger partial charge in [0.25, 0.3) is 0 Å². The van der Waals surface area contributed by atoms with Crippen molar-refractivity contribution >= 4 is 23.2 Å². The summed E-state index contributed by atoms with van der Waals surface area (Å²) in [7, 11) is 0. The van der Waals surface area contributed by atoms with Gasteiger partial charge >= 0.3 is 11.8 Å². The molecule has 2 fully saturated rings. The number of rotatable bonds is 5. The minimum absolute atomic E-state index is 0.0900. The first kappa shape index (κ1) is 16.5. The Hall–Kier alpha value is -1.40. The molecule has 1 aromatic heterocycles. The molecule has 2 amide bonds. The van der Waals surface area contributed by atoms with Gasteiger partial charge in [-0.05, 0) is 44.7 Å². The molecular weight excluding hydrogens is 312 g/mol. The van der Waals surface area contributed by atoms with E-state index < -0.39 is 17.9 Å². The SMILES string of the molecule is CC(O)c1ccc(C2(CNC(=O)C(=O)NC3CC3)CCCC2)s1. The van der Waals surface area contributed by atoms with E-state index in [9.17, 15) is 14.7 Å². The molecule has 0 bridgehead atoms. The predicted octanol–water partition coefficient (Wildman–Crippen LogP) is 2.01. The number of amides is 2. The van der Waals surface area contributed by atoms with Gasteiger partial charge in [0.1, 0.15) is 0 Å². The molecule has 3 rings (SSSR count). The number of carbonyl (C=O) groups is 2. The molecule has 1 unspecified atom stereocenters. The molecule has 0 saturated heterocycles. The Kier molecular flexibility index (Phi) is 4.73. The molecule has 0 aromatic carbocycles. The highest BCUT2D eigenvalue weighted by Gasteiger charge is 2.38. The molecule has 5 nitrogen and oxygen atoms in total. The van der Waals surface area contributed by atoms with Crippen molar-refractivity contribution in [1.29, 1.82) is 0 Å². The van der Waals surface area contributed by atoms with Crippen LogP contribution in [-0.2, 0) is 15.0 Å². The average molecular weight is 336 g/mol. The van der Waals surface area contributed by atoms with Crippen LogP contribution in [0.4, 0.5) is 0 Å². The Morgan fingerprint density at radius 2 is 2.00 bits per heavy atom. The Balaban J connectivity index is 1.65. The van der Waals surface area contributed by atoms with Gasteiger partial charge in [-0.3, -0.25) is 9.59 Å². The lowest BCUT2D eigenvalue weighted by Crippen LogP contribution is -2.45. The standard InChI is InChI=1S/C17H24N2O3S/c1-11(20)13-6-7-14(23-13)17(8-2-3-9-17)10-18-15(21)16(22)19-12-4-5-12/h6-7,11-12,20H,2-5,8-10H2,1H3,(H,18,21)(H,19,22). The molecule has 1 heterocycles. The monoisotopic (exact) mass is 336 g/mol. The molecule has 3 N–H and O–H groups in total. The number of aliphatic hydroxyl groups excluding tert-OH is 1. The lowest BCUT2D eigenvalue weighted by molar-refractivity contribution is -0.139. The topological polar surface area (TPSA) is 78.4 Å². The van der Waals surface area contributed by atoms with Gasteiger partial charge in [0.15, 0.2) is 0 Å². The number of carbonyl (C=O) groups excluding carboxylic acids is 2. The van der Waals surface area contributed by atoms with Crippen molar-refractivity contribution < 1.29 is 14.7 Å². The van der Waals surface area contributed by atoms with Crippen molar-refractivity contribution in [2.75, 3.05) is 6.54 Å². The van der Waals surface area contributed by atoms with E-state index in [1.807, 2.05) is 6.07 Å². The summed E-state index contributed by atoms with van der Waals surface area (Å²) in [5.74, 6) is -1.05. The van der Waals surface area contributed by atoms with E-state index in [-0.39, 0.29) is 11.5 Å². The fourth-order valence-electron chi connectivity index (χ4n) is 3.23. The van der Waals surface area contributed by atoms with Crippen LogP contribution in [0.25, 0.3) is 0 Å². The largest absolute Gasteiger partial charge is 0.388 e. The van der Waals surface area contributed by atoms with Gasteiger partial charge in [-0.15, -0.1) is 11.3 Å². The third-order valence-electron chi connectivity index (χ3n) is 4.83. The first-order valence-corrected chi connectivity index (χ1v) is 9.19. The zero-order valence-electron chi connectivity index (χ0n) is 13.4. The third kappa shape index (κ3) is 3.75. The van der Waals surface area contributed by atoms with Crippen LogP contribution in [0, 0.1) is 0 Å². The summed E-state index contributed by atoms with van der Waals surface area (Å²) in [5, 5.41) is 15.3. The number of hydrogen-bond acceptors (Lipinski definition) is 4. The van der Waals surface area contributed by atoms with E-state index >= 15 is 0 Å². The van der Waals surface area contributed by atoms with Crippen molar-refractivity contribution in [2.45, 2.75) is 63.0 Å². The second-order valence-electron chi connectivity index (χ2n) is 6.80. The van der Waals surface area contributed by atoms with Gasteiger partial charge in [-0.1, -0.05) is 12.8 Å². The molecule has 1 atom stereocenters. The minimum Gasteiger partial charge on any atom is -0.388 e. The Morgan fingerprint density at radius 3 is 2.57 bits per heavy atom. The van der Waals surface area contributed by atoms with Crippen LogP contribution < -0.4 is 10.6 Å². The fourth-order valence-corrected chi connectivity index (χ4v) is 4.42. The van der Waals surface area contributed by atoms with Gasteiger partial charge in [0.05, 0.1) is 6.10 Å². The molecule has 2 aliphatic carbocycles. The third-order valence-corrected chi connectivity index (χ3v) is 6.33.